The second kappa shape index (κ2) is 15.6. The Kier molecular flexibility index (Phi) is 9.91. The van der Waals surface area contributed by atoms with Gasteiger partial charge in [0.05, 0.1) is 11.4 Å². The number of hydrogen-bond donors (Lipinski definition) is 0. The van der Waals surface area contributed by atoms with Gasteiger partial charge in [0, 0.05) is 21.8 Å². The maximum Gasteiger partial charge on any atom is 2.00 e. The Labute approximate surface area is 379 Å². The minimum absolute atomic E-state index is 0. The van der Waals surface area contributed by atoms with Gasteiger partial charge in [0.2, 0.25) is 0 Å². The maximum absolute atomic E-state index is 6.70. The number of fused-ring (bicyclic) bond motifs is 6. The van der Waals surface area contributed by atoms with Gasteiger partial charge in [-0.1, -0.05) is 123 Å². The number of furan rings is 1. The number of aryl methyl sites for hydroxylation is 1. The number of rotatable bonds is 7. The molecular weight excluding hydrogens is 969 g/mol. The molecule has 0 radical (unpaired) electrons. The zero-order valence-corrected chi connectivity index (χ0v) is 38.3. The first-order chi connectivity index (χ1) is 29.4. The SMILES string of the molecule is Cc1cc2c(cc1-c1ccccc1Cc1ccc3oc4c(-c5nc(-c6[c-]c(-c7[c-]cccc7)ccc6)nc(-c6ccccc6)n5)cccc4c3c1)-c1ccccc1C2(C)C.[U+2]. The standard InChI is InChI=1S/C56H39N3O.U/c1-35-30-50-47(43-24-12-13-27-49(43)56(50,2)3)34-46(35)42-23-11-10-20-40(42)31-36-28-29-51-48(32-36)44-25-15-26-45(52(44)60-51)55-58-53(38-18-8-5-9-19-38)57-54(59-55)41-22-14-21-39(33-41)37-16-6-4-7-17-37;/h4-16,18-30,32,34H,31H2,1-3H3;/q-2;+2. The van der Waals surface area contributed by atoms with Crippen LogP contribution in [-0.2, 0) is 11.8 Å². The van der Waals surface area contributed by atoms with E-state index in [0.29, 0.717) is 17.5 Å². The molecule has 4 nitrogen and oxygen atoms in total. The summed E-state index contributed by atoms with van der Waals surface area (Å²) >= 11 is 0. The first kappa shape index (κ1) is 38.8. The molecule has 2 aromatic heterocycles. The fourth-order valence-electron chi connectivity index (χ4n) is 9.09. The molecule has 8 aromatic carbocycles. The predicted octanol–water partition coefficient (Wildman–Crippen LogP) is 13.9. The van der Waals surface area contributed by atoms with Gasteiger partial charge in [-0.3, -0.25) is 0 Å². The van der Waals surface area contributed by atoms with Crippen molar-refractivity contribution in [3.63, 3.8) is 0 Å². The van der Waals surface area contributed by atoms with Crippen molar-refractivity contribution in [3.05, 3.63) is 210 Å². The Balaban J connectivity index is 0.00000445. The maximum atomic E-state index is 6.70. The summed E-state index contributed by atoms with van der Waals surface area (Å²) in [5, 5.41) is 2.08. The van der Waals surface area contributed by atoms with Gasteiger partial charge in [-0.25, -0.2) is 20.5 Å². The second-order valence-corrected chi connectivity index (χ2v) is 16.3. The number of aromatic nitrogens is 3. The Bertz CT molecular complexity index is 3280. The Hall–Kier alpha value is -6.38. The molecule has 0 N–H and O–H groups in total. The van der Waals surface area contributed by atoms with E-state index in [1.165, 1.54) is 50.1 Å². The smallest absolute Gasteiger partial charge is 0.455 e. The van der Waals surface area contributed by atoms with Crippen LogP contribution in [0.5, 0.6) is 0 Å². The Morgan fingerprint density at radius 1 is 0.525 bits per heavy atom. The van der Waals surface area contributed by atoms with Crippen molar-refractivity contribution in [2.75, 3.05) is 0 Å². The van der Waals surface area contributed by atoms with Crippen LogP contribution < -0.4 is 0 Å². The van der Waals surface area contributed by atoms with Gasteiger partial charge in [0.25, 0.3) is 0 Å². The van der Waals surface area contributed by atoms with Gasteiger partial charge in [-0.05, 0) is 87.7 Å². The Morgan fingerprint density at radius 2 is 1.23 bits per heavy atom. The summed E-state index contributed by atoms with van der Waals surface area (Å²) in [5.41, 5.74) is 17.7. The van der Waals surface area contributed by atoms with Crippen LogP contribution in [0.15, 0.2) is 174 Å². The third-order valence-electron chi connectivity index (χ3n) is 12.1. The summed E-state index contributed by atoms with van der Waals surface area (Å²) in [6.07, 6.45) is 0.782. The fourth-order valence-corrected chi connectivity index (χ4v) is 9.09. The van der Waals surface area contributed by atoms with E-state index in [9.17, 15) is 0 Å². The van der Waals surface area contributed by atoms with Gasteiger partial charge in [-0.15, -0.1) is 18.2 Å². The molecule has 0 aliphatic heterocycles. The largest absolute Gasteiger partial charge is 2.00 e. The molecule has 5 heteroatoms. The number of nitrogens with zero attached hydrogens (tertiary/aromatic N) is 3. The molecule has 11 rings (SSSR count). The van der Waals surface area contributed by atoms with Crippen molar-refractivity contribution in [2.24, 2.45) is 0 Å². The van der Waals surface area contributed by atoms with Crippen LogP contribution in [0.4, 0.5) is 0 Å². The number of benzene rings is 8. The zero-order chi connectivity index (χ0) is 40.4. The summed E-state index contributed by atoms with van der Waals surface area (Å²) in [7, 11) is 0. The first-order valence-corrected chi connectivity index (χ1v) is 20.5. The molecule has 1 aliphatic carbocycles. The zero-order valence-electron chi connectivity index (χ0n) is 34.1. The van der Waals surface area contributed by atoms with Crippen molar-refractivity contribution in [1.82, 2.24) is 15.0 Å². The van der Waals surface area contributed by atoms with Crippen LogP contribution in [0.3, 0.4) is 0 Å². The topological polar surface area (TPSA) is 51.8 Å². The van der Waals surface area contributed by atoms with Gasteiger partial charge in [-0.2, -0.15) is 42.0 Å². The molecule has 0 amide bonds. The first-order valence-electron chi connectivity index (χ1n) is 20.5. The van der Waals surface area contributed by atoms with E-state index >= 15 is 0 Å². The molecular formula is C56H39N3OU. The van der Waals surface area contributed by atoms with E-state index in [-0.39, 0.29) is 36.5 Å². The van der Waals surface area contributed by atoms with Gasteiger partial charge in [0.15, 0.2) is 11.6 Å². The van der Waals surface area contributed by atoms with E-state index in [2.05, 4.69) is 124 Å². The second-order valence-electron chi connectivity index (χ2n) is 16.3. The van der Waals surface area contributed by atoms with Crippen molar-refractivity contribution in [2.45, 2.75) is 32.6 Å². The minimum Gasteiger partial charge on any atom is -0.455 e. The van der Waals surface area contributed by atoms with Crippen LogP contribution in [0.1, 0.15) is 41.7 Å². The van der Waals surface area contributed by atoms with Crippen LogP contribution in [0, 0.1) is 50.2 Å². The van der Waals surface area contributed by atoms with Crippen LogP contribution in [-0.4, -0.2) is 15.0 Å². The quantitative estimate of drug-likeness (QED) is 0.149. The average Bonchev–Trinajstić information content (AvgIpc) is 3.78. The van der Waals surface area contributed by atoms with Crippen molar-refractivity contribution < 1.29 is 35.5 Å². The van der Waals surface area contributed by atoms with Crippen molar-refractivity contribution in [1.29, 1.82) is 0 Å². The van der Waals surface area contributed by atoms with Gasteiger partial charge >= 0.3 is 31.1 Å². The summed E-state index contributed by atoms with van der Waals surface area (Å²) in [5.74, 6) is 1.66. The van der Waals surface area contributed by atoms with Crippen LogP contribution >= 0.6 is 0 Å². The van der Waals surface area contributed by atoms with E-state index < -0.39 is 0 Å². The summed E-state index contributed by atoms with van der Waals surface area (Å²) in [4.78, 5) is 15.1. The van der Waals surface area contributed by atoms with Crippen LogP contribution in [0.25, 0.3) is 89.5 Å². The third kappa shape index (κ3) is 6.83. The monoisotopic (exact) mass is 1010 g/mol. The van der Waals surface area contributed by atoms with E-state index in [1.54, 1.807) is 0 Å². The van der Waals surface area contributed by atoms with Crippen molar-refractivity contribution >= 4 is 21.9 Å². The van der Waals surface area contributed by atoms with Gasteiger partial charge < -0.3 is 4.42 Å². The summed E-state index contributed by atoms with van der Waals surface area (Å²) < 4.78 is 6.70. The molecule has 1 aliphatic rings. The predicted molar refractivity (Wildman–Crippen MR) is 244 cm³/mol. The molecule has 0 bridgehead atoms. The molecule has 0 spiro atoms. The molecule has 10 aromatic rings. The average molecular weight is 1010 g/mol. The molecule has 0 saturated carbocycles. The molecule has 288 valence electrons. The minimum atomic E-state index is -0.0283. The van der Waals surface area contributed by atoms with Crippen molar-refractivity contribution in [3.8, 4) is 67.5 Å². The number of hydrogen-bond acceptors (Lipinski definition) is 4. The molecule has 0 unspecified atom stereocenters. The third-order valence-corrected chi connectivity index (χ3v) is 12.1. The van der Waals surface area contributed by atoms with E-state index in [0.717, 1.165) is 56.2 Å². The normalized spacial score (nSPS) is 12.6. The van der Waals surface area contributed by atoms with Gasteiger partial charge in [0.1, 0.15) is 11.2 Å². The molecule has 0 atom stereocenters. The van der Waals surface area contributed by atoms with Crippen LogP contribution in [0.2, 0.25) is 0 Å². The molecule has 2 heterocycles. The summed E-state index contributed by atoms with van der Waals surface area (Å²) in [6.45, 7) is 6.94. The fraction of sp³-hybridized carbons (Fsp3) is 0.0893. The summed E-state index contributed by atoms with van der Waals surface area (Å²) in [6, 6.07) is 66.2. The Morgan fingerprint density at radius 3 is 2.08 bits per heavy atom. The van der Waals surface area contributed by atoms with E-state index in [4.69, 9.17) is 19.4 Å². The molecule has 61 heavy (non-hydrogen) atoms. The molecule has 0 saturated heterocycles. The number of para-hydroxylation sites is 1. The molecule has 0 fully saturated rings. The van der Waals surface area contributed by atoms with E-state index in [1.807, 2.05) is 78.9 Å².